The first-order valence-corrected chi connectivity index (χ1v) is 10.9. The van der Waals surface area contributed by atoms with Crippen molar-refractivity contribution in [2.45, 2.75) is 5.16 Å². The van der Waals surface area contributed by atoms with Crippen molar-refractivity contribution in [1.82, 2.24) is 14.8 Å². The molecule has 0 saturated heterocycles. The molecule has 2 aromatic carbocycles. The fourth-order valence-corrected chi connectivity index (χ4v) is 4.12. The van der Waals surface area contributed by atoms with Crippen LogP contribution in [0.3, 0.4) is 0 Å². The van der Waals surface area contributed by atoms with Crippen molar-refractivity contribution >= 4 is 39.3 Å². The molecular weight excluding hydrogens is 506 g/mol. The number of rotatable bonds is 7. The summed E-state index contributed by atoms with van der Waals surface area (Å²) >= 11 is 4.16. The van der Waals surface area contributed by atoms with Gasteiger partial charge in [0, 0.05) is 10.5 Å². The summed E-state index contributed by atoms with van der Waals surface area (Å²) in [5.74, 6) is -0.573. The molecule has 0 saturated carbocycles. The van der Waals surface area contributed by atoms with Crippen LogP contribution in [0.15, 0.2) is 68.8 Å². The summed E-state index contributed by atoms with van der Waals surface area (Å²) in [5, 5.41) is 11.3. The van der Waals surface area contributed by atoms with Crippen LogP contribution in [-0.4, -0.2) is 33.5 Å². The molecule has 0 atom stereocenters. The normalized spacial score (nSPS) is 10.9. The van der Waals surface area contributed by atoms with Gasteiger partial charge in [-0.15, -0.1) is 10.2 Å². The molecule has 0 aliphatic carbocycles. The Labute approximate surface area is 193 Å². The Morgan fingerprint density at radius 3 is 2.66 bits per heavy atom. The molecule has 2 heterocycles. The third-order valence-electron chi connectivity index (χ3n) is 4.31. The molecule has 0 unspecified atom stereocenters. The van der Waals surface area contributed by atoms with E-state index in [0.29, 0.717) is 28.6 Å². The zero-order chi connectivity index (χ0) is 22.7. The minimum atomic E-state index is -0.878. The number of nitrogens with one attached hydrogen (secondary N) is 1. The molecule has 32 heavy (non-hydrogen) atoms. The average molecular weight is 521 g/mol. The fourth-order valence-electron chi connectivity index (χ4n) is 2.86. The smallest absolute Gasteiger partial charge is 0.234 e. The van der Waals surface area contributed by atoms with E-state index in [2.05, 4.69) is 31.4 Å². The Hall–Kier alpha value is -3.18. The lowest BCUT2D eigenvalue weighted by molar-refractivity contribution is -0.113. The molecule has 4 aromatic rings. The maximum absolute atomic E-state index is 14.0. The quantitative estimate of drug-likeness (QED) is 0.332. The zero-order valence-electron chi connectivity index (χ0n) is 16.5. The van der Waals surface area contributed by atoms with Gasteiger partial charge in [0.1, 0.15) is 11.6 Å². The maximum Gasteiger partial charge on any atom is 0.234 e. The topological polar surface area (TPSA) is 82.2 Å². The van der Waals surface area contributed by atoms with Crippen molar-refractivity contribution in [1.29, 1.82) is 0 Å². The van der Waals surface area contributed by atoms with Crippen LogP contribution >= 0.6 is 27.7 Å². The van der Waals surface area contributed by atoms with Gasteiger partial charge in [0.2, 0.25) is 11.7 Å². The molecule has 1 amide bonds. The Morgan fingerprint density at radius 1 is 1.22 bits per heavy atom. The Balaban J connectivity index is 1.58. The molecule has 0 radical (unpaired) electrons. The highest BCUT2D eigenvalue weighted by molar-refractivity contribution is 9.10. The molecule has 0 aliphatic heterocycles. The predicted octanol–water partition coefficient (Wildman–Crippen LogP) is 5.31. The monoisotopic (exact) mass is 520 g/mol. The van der Waals surface area contributed by atoms with Gasteiger partial charge in [0.15, 0.2) is 16.7 Å². The Bertz CT molecular complexity index is 1220. The summed E-state index contributed by atoms with van der Waals surface area (Å²) in [4.78, 5) is 12.4. The highest BCUT2D eigenvalue weighted by Gasteiger charge is 2.20. The number of thioether (sulfide) groups is 1. The van der Waals surface area contributed by atoms with Crippen molar-refractivity contribution in [3.05, 3.63) is 70.9 Å². The van der Waals surface area contributed by atoms with Gasteiger partial charge in [-0.3, -0.25) is 9.36 Å². The van der Waals surface area contributed by atoms with Crippen molar-refractivity contribution in [3.63, 3.8) is 0 Å². The number of nitrogens with zero attached hydrogens (tertiary/aromatic N) is 3. The molecule has 0 aliphatic rings. The third kappa shape index (κ3) is 4.68. The number of benzene rings is 2. The molecular formula is C21H15BrF2N4O3S. The summed E-state index contributed by atoms with van der Waals surface area (Å²) in [6.07, 6.45) is 1.53. The maximum atomic E-state index is 14.0. The molecule has 0 bridgehead atoms. The van der Waals surface area contributed by atoms with E-state index in [-0.39, 0.29) is 15.9 Å². The van der Waals surface area contributed by atoms with E-state index in [4.69, 9.17) is 9.15 Å². The number of halogens is 3. The molecule has 164 valence electrons. The van der Waals surface area contributed by atoms with Crippen LogP contribution in [0.5, 0.6) is 5.75 Å². The summed E-state index contributed by atoms with van der Waals surface area (Å²) in [5.41, 5.74) is 0.599. The Morgan fingerprint density at radius 2 is 2.00 bits per heavy atom. The summed E-state index contributed by atoms with van der Waals surface area (Å²) in [6, 6.07) is 12.5. The van der Waals surface area contributed by atoms with Crippen molar-refractivity contribution in [2.75, 3.05) is 18.2 Å². The van der Waals surface area contributed by atoms with Gasteiger partial charge in [-0.05, 0) is 58.4 Å². The SMILES string of the molecule is COc1ccc(-n2c(SCC(=O)Nc3c(F)cc(F)cc3Br)nnc2-c2ccco2)cc1. The molecule has 4 rings (SSSR count). The second-order valence-corrected chi connectivity index (χ2v) is 8.20. The third-order valence-corrected chi connectivity index (χ3v) is 5.86. The van der Waals surface area contributed by atoms with Gasteiger partial charge in [0.05, 0.1) is 30.5 Å². The number of furan rings is 1. The van der Waals surface area contributed by atoms with Crippen molar-refractivity contribution in [2.24, 2.45) is 0 Å². The van der Waals surface area contributed by atoms with E-state index in [1.807, 2.05) is 12.1 Å². The van der Waals surface area contributed by atoms with E-state index in [9.17, 15) is 13.6 Å². The van der Waals surface area contributed by atoms with Crippen LogP contribution in [0.25, 0.3) is 17.3 Å². The summed E-state index contributed by atoms with van der Waals surface area (Å²) in [7, 11) is 1.57. The Kier molecular flexibility index (Phi) is 6.56. The molecule has 1 N–H and O–H groups in total. The predicted molar refractivity (Wildman–Crippen MR) is 119 cm³/mol. The van der Waals surface area contributed by atoms with E-state index in [1.165, 1.54) is 6.26 Å². The first-order valence-electron chi connectivity index (χ1n) is 9.17. The number of amides is 1. The molecule has 7 nitrogen and oxygen atoms in total. The largest absolute Gasteiger partial charge is 0.497 e. The van der Waals surface area contributed by atoms with E-state index in [0.717, 1.165) is 23.5 Å². The zero-order valence-corrected chi connectivity index (χ0v) is 18.9. The van der Waals surface area contributed by atoms with Crippen molar-refractivity contribution < 1.29 is 22.7 Å². The fraction of sp³-hybridized carbons (Fsp3) is 0.0952. The van der Waals surface area contributed by atoms with Crippen LogP contribution < -0.4 is 10.1 Å². The summed E-state index contributed by atoms with van der Waals surface area (Å²) in [6.45, 7) is 0. The number of aromatic nitrogens is 3. The van der Waals surface area contributed by atoms with Crippen LogP contribution in [0.4, 0.5) is 14.5 Å². The molecule has 2 aromatic heterocycles. The number of ether oxygens (including phenoxy) is 1. The van der Waals surface area contributed by atoms with Gasteiger partial charge in [0.25, 0.3) is 0 Å². The highest BCUT2D eigenvalue weighted by Crippen LogP contribution is 2.30. The van der Waals surface area contributed by atoms with Gasteiger partial charge >= 0.3 is 0 Å². The summed E-state index contributed by atoms with van der Waals surface area (Å²) < 4.78 is 39.8. The van der Waals surface area contributed by atoms with E-state index in [1.54, 1.807) is 35.9 Å². The lowest BCUT2D eigenvalue weighted by Crippen LogP contribution is -2.16. The van der Waals surface area contributed by atoms with Crippen LogP contribution in [0.2, 0.25) is 0 Å². The van der Waals surface area contributed by atoms with E-state index >= 15 is 0 Å². The molecule has 0 spiro atoms. The number of carbonyl (C=O) groups excluding carboxylic acids is 1. The second-order valence-electron chi connectivity index (χ2n) is 6.40. The lowest BCUT2D eigenvalue weighted by atomic mass is 10.3. The van der Waals surface area contributed by atoms with Gasteiger partial charge in [-0.25, -0.2) is 8.78 Å². The van der Waals surface area contributed by atoms with Gasteiger partial charge in [-0.2, -0.15) is 0 Å². The van der Waals surface area contributed by atoms with Crippen LogP contribution in [0.1, 0.15) is 0 Å². The van der Waals surface area contributed by atoms with Crippen LogP contribution in [0, 0.1) is 11.6 Å². The van der Waals surface area contributed by atoms with Gasteiger partial charge in [-0.1, -0.05) is 11.8 Å². The number of hydrogen-bond acceptors (Lipinski definition) is 6. The molecule has 0 fully saturated rings. The average Bonchev–Trinajstić information content (AvgIpc) is 3.44. The minimum absolute atomic E-state index is 0.0876. The minimum Gasteiger partial charge on any atom is -0.497 e. The number of carbonyl (C=O) groups is 1. The molecule has 11 heteroatoms. The second kappa shape index (κ2) is 9.53. The first-order chi connectivity index (χ1) is 15.5. The van der Waals surface area contributed by atoms with Crippen LogP contribution in [-0.2, 0) is 4.79 Å². The van der Waals surface area contributed by atoms with E-state index < -0.39 is 17.5 Å². The lowest BCUT2D eigenvalue weighted by Gasteiger charge is -2.11. The van der Waals surface area contributed by atoms with Gasteiger partial charge < -0.3 is 14.5 Å². The number of anilines is 1. The number of methoxy groups -OCH3 is 1. The highest BCUT2D eigenvalue weighted by atomic mass is 79.9. The van der Waals surface area contributed by atoms with Crippen molar-refractivity contribution in [3.8, 4) is 23.0 Å². The standard InChI is InChI=1S/C21H15BrF2N4O3S/c1-30-14-6-4-13(5-7-14)28-20(17-3-2-8-31-17)26-27-21(28)32-11-18(29)25-19-15(22)9-12(23)10-16(19)24/h2-10H,11H2,1H3,(H,25,29). The number of hydrogen-bond donors (Lipinski definition) is 1. The first kappa shape index (κ1) is 22.0.